The van der Waals surface area contributed by atoms with Crippen LogP contribution in [0.5, 0.6) is 0 Å². The number of pyridine rings is 1. The van der Waals surface area contributed by atoms with E-state index < -0.39 is 0 Å². The fraction of sp³-hybridized carbons (Fsp3) is 0.538. The molecule has 1 atom stereocenters. The first kappa shape index (κ1) is 12.0. The molecule has 0 aromatic carbocycles. The molecule has 0 unspecified atom stereocenters. The highest BCUT2D eigenvalue weighted by atomic mass is 16.2. The molecule has 1 amide bonds. The normalized spacial score (nSPS) is 19.9. The minimum atomic E-state index is -0.0199. The van der Waals surface area contributed by atoms with Gasteiger partial charge in [0, 0.05) is 5.69 Å². The third-order valence-electron chi connectivity index (χ3n) is 3.02. The number of carbonyl (C=O) groups excluding carboxylic acids is 1. The number of piperidine rings is 1. The van der Waals surface area contributed by atoms with E-state index in [0.29, 0.717) is 6.54 Å². The van der Waals surface area contributed by atoms with Gasteiger partial charge in [0.25, 0.3) is 0 Å². The third-order valence-corrected chi connectivity index (χ3v) is 3.02. The molecule has 1 aliphatic heterocycles. The highest BCUT2D eigenvalue weighted by Crippen LogP contribution is 2.07. The van der Waals surface area contributed by atoms with Crippen molar-refractivity contribution in [1.29, 1.82) is 0 Å². The summed E-state index contributed by atoms with van der Waals surface area (Å²) in [5, 5.41) is 6.17. The zero-order valence-corrected chi connectivity index (χ0v) is 10.2. The molecule has 1 aromatic rings. The fourth-order valence-corrected chi connectivity index (χ4v) is 2.07. The Labute approximate surface area is 102 Å². The number of nitrogens with zero attached hydrogens (tertiary/aromatic N) is 1. The average Bonchev–Trinajstić information content (AvgIpc) is 2.37. The summed E-state index contributed by atoms with van der Waals surface area (Å²) in [6.45, 7) is 3.41. The van der Waals surface area contributed by atoms with Crippen LogP contribution in [0.25, 0.3) is 0 Å². The van der Waals surface area contributed by atoms with Gasteiger partial charge in [-0.3, -0.25) is 9.78 Å². The van der Waals surface area contributed by atoms with Crippen molar-refractivity contribution in [1.82, 2.24) is 15.6 Å². The molecule has 4 heteroatoms. The highest BCUT2D eigenvalue weighted by Gasteiger charge is 2.19. The van der Waals surface area contributed by atoms with Gasteiger partial charge in [-0.25, -0.2) is 0 Å². The van der Waals surface area contributed by atoms with Gasteiger partial charge >= 0.3 is 0 Å². The SMILES string of the molecule is Cc1cccc(CNC(=O)[C@H]2CCCCN2)n1. The van der Waals surface area contributed by atoms with Gasteiger partial charge in [-0.05, 0) is 38.4 Å². The predicted octanol–water partition coefficient (Wildman–Crippen LogP) is 1.15. The van der Waals surface area contributed by atoms with Crippen molar-refractivity contribution in [3.63, 3.8) is 0 Å². The smallest absolute Gasteiger partial charge is 0.237 e. The molecule has 2 heterocycles. The van der Waals surface area contributed by atoms with E-state index in [4.69, 9.17) is 0 Å². The van der Waals surface area contributed by atoms with Gasteiger partial charge in [0.1, 0.15) is 0 Å². The van der Waals surface area contributed by atoms with Gasteiger partial charge < -0.3 is 10.6 Å². The molecule has 2 N–H and O–H groups in total. The molecule has 4 nitrogen and oxygen atoms in total. The molecule has 0 aliphatic carbocycles. The Morgan fingerprint density at radius 1 is 1.53 bits per heavy atom. The Morgan fingerprint density at radius 2 is 2.41 bits per heavy atom. The maximum atomic E-state index is 11.9. The number of hydrogen-bond donors (Lipinski definition) is 2. The number of carbonyl (C=O) groups is 1. The Hall–Kier alpha value is -1.42. The lowest BCUT2D eigenvalue weighted by Crippen LogP contribution is -2.46. The minimum absolute atomic E-state index is 0.0199. The standard InChI is InChI=1S/C13H19N3O/c1-10-5-4-6-11(16-10)9-15-13(17)12-7-2-3-8-14-12/h4-6,12,14H,2-3,7-9H2,1H3,(H,15,17)/t12-/m1/s1. The molecule has 1 aliphatic rings. The molecule has 0 spiro atoms. The zero-order valence-electron chi connectivity index (χ0n) is 10.2. The lowest BCUT2D eigenvalue weighted by Gasteiger charge is -2.22. The van der Waals surface area contributed by atoms with Crippen LogP contribution in [-0.4, -0.2) is 23.5 Å². The molecular formula is C13H19N3O. The lowest BCUT2D eigenvalue weighted by atomic mass is 10.0. The summed E-state index contributed by atoms with van der Waals surface area (Å²) in [5.74, 6) is 0.0907. The van der Waals surface area contributed by atoms with E-state index in [1.165, 1.54) is 6.42 Å². The number of amides is 1. The summed E-state index contributed by atoms with van der Waals surface area (Å²) in [6, 6.07) is 5.83. The first-order valence-electron chi connectivity index (χ1n) is 6.19. The maximum absolute atomic E-state index is 11.9. The van der Waals surface area contributed by atoms with Gasteiger partial charge in [-0.1, -0.05) is 12.5 Å². The lowest BCUT2D eigenvalue weighted by molar-refractivity contribution is -0.123. The Balaban J connectivity index is 1.83. The number of rotatable bonds is 3. The average molecular weight is 233 g/mol. The van der Waals surface area contributed by atoms with Crippen LogP contribution in [0.1, 0.15) is 30.7 Å². The second-order valence-electron chi connectivity index (χ2n) is 4.49. The third kappa shape index (κ3) is 3.53. The van der Waals surface area contributed by atoms with E-state index in [2.05, 4.69) is 15.6 Å². The Bertz CT molecular complexity index is 386. The van der Waals surface area contributed by atoms with Crippen molar-refractivity contribution >= 4 is 5.91 Å². The summed E-state index contributed by atoms with van der Waals surface area (Å²) in [5.41, 5.74) is 1.89. The van der Waals surface area contributed by atoms with E-state index in [0.717, 1.165) is 30.8 Å². The molecule has 0 bridgehead atoms. The molecule has 0 saturated carbocycles. The molecular weight excluding hydrogens is 214 g/mol. The van der Waals surface area contributed by atoms with Crippen molar-refractivity contribution in [3.8, 4) is 0 Å². The van der Waals surface area contributed by atoms with Crippen LogP contribution >= 0.6 is 0 Å². The van der Waals surface area contributed by atoms with E-state index >= 15 is 0 Å². The van der Waals surface area contributed by atoms with Gasteiger partial charge in [0.05, 0.1) is 18.3 Å². The summed E-state index contributed by atoms with van der Waals surface area (Å²) in [4.78, 5) is 16.2. The van der Waals surface area contributed by atoms with Gasteiger partial charge in [-0.2, -0.15) is 0 Å². The van der Waals surface area contributed by atoms with Crippen LogP contribution in [0, 0.1) is 6.92 Å². The summed E-state index contributed by atoms with van der Waals surface area (Å²) in [6.07, 6.45) is 3.24. The topological polar surface area (TPSA) is 54.0 Å². The Morgan fingerprint density at radius 3 is 3.12 bits per heavy atom. The first-order valence-corrected chi connectivity index (χ1v) is 6.19. The van der Waals surface area contributed by atoms with Crippen molar-refractivity contribution < 1.29 is 4.79 Å². The van der Waals surface area contributed by atoms with Crippen molar-refractivity contribution in [3.05, 3.63) is 29.6 Å². The van der Waals surface area contributed by atoms with Crippen LogP contribution in [0.3, 0.4) is 0 Å². The highest BCUT2D eigenvalue weighted by molar-refractivity contribution is 5.81. The predicted molar refractivity (Wildman–Crippen MR) is 66.5 cm³/mol. The molecule has 1 fully saturated rings. The molecule has 17 heavy (non-hydrogen) atoms. The quantitative estimate of drug-likeness (QED) is 0.823. The number of aromatic nitrogens is 1. The van der Waals surface area contributed by atoms with E-state index in [9.17, 15) is 4.79 Å². The van der Waals surface area contributed by atoms with E-state index in [-0.39, 0.29) is 11.9 Å². The second kappa shape index (κ2) is 5.77. The fourth-order valence-electron chi connectivity index (χ4n) is 2.07. The monoisotopic (exact) mass is 233 g/mol. The van der Waals surface area contributed by atoms with Crippen LogP contribution < -0.4 is 10.6 Å². The van der Waals surface area contributed by atoms with Gasteiger partial charge in [0.15, 0.2) is 0 Å². The van der Waals surface area contributed by atoms with Crippen LogP contribution in [0.2, 0.25) is 0 Å². The Kier molecular flexibility index (Phi) is 4.09. The molecule has 1 aromatic heterocycles. The van der Waals surface area contributed by atoms with E-state index in [1.807, 2.05) is 25.1 Å². The maximum Gasteiger partial charge on any atom is 0.237 e. The minimum Gasteiger partial charge on any atom is -0.349 e. The molecule has 1 saturated heterocycles. The van der Waals surface area contributed by atoms with Crippen molar-refractivity contribution in [2.24, 2.45) is 0 Å². The molecule has 92 valence electrons. The number of nitrogens with one attached hydrogen (secondary N) is 2. The molecule has 0 radical (unpaired) electrons. The van der Waals surface area contributed by atoms with E-state index in [1.54, 1.807) is 0 Å². The zero-order chi connectivity index (χ0) is 12.1. The van der Waals surface area contributed by atoms with Crippen molar-refractivity contribution in [2.75, 3.05) is 6.54 Å². The van der Waals surface area contributed by atoms with Gasteiger partial charge in [-0.15, -0.1) is 0 Å². The first-order chi connectivity index (χ1) is 8.25. The summed E-state index contributed by atoms with van der Waals surface area (Å²) in [7, 11) is 0. The number of aryl methyl sites for hydroxylation is 1. The van der Waals surface area contributed by atoms with Crippen LogP contribution in [0.4, 0.5) is 0 Å². The summed E-state index contributed by atoms with van der Waals surface area (Å²) >= 11 is 0. The summed E-state index contributed by atoms with van der Waals surface area (Å²) < 4.78 is 0. The second-order valence-corrected chi connectivity index (χ2v) is 4.49. The van der Waals surface area contributed by atoms with Crippen LogP contribution in [0.15, 0.2) is 18.2 Å². The van der Waals surface area contributed by atoms with Gasteiger partial charge in [0.2, 0.25) is 5.91 Å². The van der Waals surface area contributed by atoms with Crippen LogP contribution in [-0.2, 0) is 11.3 Å². The largest absolute Gasteiger partial charge is 0.349 e. The molecule has 2 rings (SSSR count). The van der Waals surface area contributed by atoms with Crippen molar-refractivity contribution in [2.45, 2.75) is 38.8 Å². The number of hydrogen-bond acceptors (Lipinski definition) is 3.